The highest BCUT2D eigenvalue weighted by Gasteiger charge is 2.76. The Morgan fingerprint density at radius 2 is 1.74 bits per heavy atom. The molecule has 2 fully saturated rings. The van der Waals surface area contributed by atoms with E-state index in [-0.39, 0.29) is 17.0 Å². The molecule has 2 saturated carbocycles. The van der Waals surface area contributed by atoms with E-state index in [4.69, 9.17) is 0 Å². The Balaban J connectivity index is 1.75. The third-order valence-corrected chi connectivity index (χ3v) is 7.95. The number of hydrazine groups is 1. The maximum Gasteiger partial charge on any atom is 0.269 e. The van der Waals surface area contributed by atoms with Gasteiger partial charge >= 0.3 is 0 Å². The number of halogens is 1. The van der Waals surface area contributed by atoms with Crippen molar-refractivity contribution in [3.05, 3.63) is 39.9 Å². The van der Waals surface area contributed by atoms with Gasteiger partial charge in [-0.3, -0.25) is 35.3 Å². The van der Waals surface area contributed by atoms with E-state index in [1.807, 2.05) is 20.8 Å². The summed E-state index contributed by atoms with van der Waals surface area (Å²) in [4.78, 5) is 47.5. The van der Waals surface area contributed by atoms with Gasteiger partial charge < -0.3 is 0 Å². The van der Waals surface area contributed by atoms with Crippen LogP contribution in [0.15, 0.2) is 24.3 Å². The summed E-state index contributed by atoms with van der Waals surface area (Å²) in [6.07, 6.45) is 1.15. The summed E-state index contributed by atoms with van der Waals surface area (Å²) in [7, 11) is 0. The van der Waals surface area contributed by atoms with E-state index in [1.165, 1.54) is 24.3 Å². The third-order valence-electron chi connectivity index (χ3n) is 6.76. The number of benzene rings is 1. The number of carbonyl (C=O) groups is 3. The molecule has 0 saturated heterocycles. The lowest BCUT2D eigenvalue weighted by Crippen LogP contribution is -2.55. The number of ketones is 1. The van der Waals surface area contributed by atoms with Crippen LogP contribution >= 0.6 is 15.9 Å². The van der Waals surface area contributed by atoms with Crippen molar-refractivity contribution < 1.29 is 19.3 Å². The second-order valence-corrected chi connectivity index (χ2v) is 8.78. The van der Waals surface area contributed by atoms with E-state index in [2.05, 4.69) is 26.8 Å². The summed E-state index contributed by atoms with van der Waals surface area (Å²) in [5.41, 5.74) is 2.71. The number of hydrogen-bond donors (Lipinski definition) is 2. The number of rotatable bonds is 3. The molecule has 0 spiro atoms. The monoisotopic (exact) mass is 437 g/mol. The molecule has 2 bridgehead atoms. The highest BCUT2D eigenvalue weighted by atomic mass is 79.9. The number of alkyl halides is 1. The quantitative estimate of drug-likeness (QED) is 0.427. The molecule has 0 aromatic heterocycles. The molecule has 9 heteroatoms. The second-order valence-electron chi connectivity index (χ2n) is 7.87. The maximum absolute atomic E-state index is 13.0. The number of carbonyl (C=O) groups excluding carboxylic acids is 3. The van der Waals surface area contributed by atoms with Crippen molar-refractivity contribution in [1.82, 2.24) is 10.9 Å². The van der Waals surface area contributed by atoms with E-state index >= 15 is 0 Å². The molecule has 2 N–H and O–H groups in total. The van der Waals surface area contributed by atoms with Crippen molar-refractivity contribution in [3.8, 4) is 0 Å². The highest BCUT2D eigenvalue weighted by Crippen LogP contribution is 2.72. The van der Waals surface area contributed by atoms with Crippen LogP contribution in [-0.4, -0.2) is 27.3 Å². The molecule has 144 valence electrons. The number of nitrogens with zero attached hydrogens (tertiary/aromatic N) is 1. The van der Waals surface area contributed by atoms with Gasteiger partial charge in [0.05, 0.1) is 15.2 Å². The molecule has 2 aliphatic carbocycles. The zero-order chi connectivity index (χ0) is 20.2. The number of amides is 2. The molecule has 2 aliphatic rings. The lowest BCUT2D eigenvalue weighted by molar-refractivity contribution is -0.384. The Labute approximate surface area is 164 Å². The standard InChI is InChI=1S/C18H20BrN3O5/c1-16(2)17(3)8-9-18(16,12(19)13(17)23)15(25)21-20-14(24)10-4-6-11(7-5-10)22(26)27/h4-7,12H,8-9H2,1-3H3,(H,20,24)(H,21,25). The molecule has 27 heavy (non-hydrogen) atoms. The summed E-state index contributed by atoms with van der Waals surface area (Å²) < 4.78 is 0. The second kappa shape index (κ2) is 6.12. The third kappa shape index (κ3) is 2.44. The summed E-state index contributed by atoms with van der Waals surface area (Å²) in [5, 5.41) is 10.7. The smallest absolute Gasteiger partial charge is 0.269 e. The normalized spacial score (nSPS) is 30.8. The number of non-ortho nitro benzene ring substituents is 1. The van der Waals surface area contributed by atoms with E-state index < -0.39 is 37.8 Å². The van der Waals surface area contributed by atoms with Crippen LogP contribution in [0.25, 0.3) is 0 Å². The maximum atomic E-state index is 13.0. The van der Waals surface area contributed by atoms with E-state index in [1.54, 1.807) is 0 Å². The Bertz CT molecular complexity index is 853. The van der Waals surface area contributed by atoms with Gasteiger partial charge in [0.1, 0.15) is 0 Å². The highest BCUT2D eigenvalue weighted by molar-refractivity contribution is 9.10. The Morgan fingerprint density at radius 1 is 1.15 bits per heavy atom. The van der Waals surface area contributed by atoms with Crippen molar-refractivity contribution in [2.45, 2.75) is 38.4 Å². The van der Waals surface area contributed by atoms with Crippen molar-refractivity contribution in [2.75, 3.05) is 0 Å². The molecule has 3 atom stereocenters. The van der Waals surface area contributed by atoms with Crippen molar-refractivity contribution in [1.29, 1.82) is 0 Å². The van der Waals surface area contributed by atoms with Gasteiger partial charge in [0.15, 0.2) is 5.78 Å². The predicted octanol–water partition coefficient (Wildman–Crippen LogP) is 2.51. The summed E-state index contributed by atoms with van der Waals surface area (Å²) in [6.45, 7) is 5.72. The Kier molecular flexibility index (Phi) is 4.41. The average molecular weight is 438 g/mol. The minimum atomic E-state index is -0.957. The molecule has 1 aromatic rings. The van der Waals surface area contributed by atoms with Gasteiger partial charge in [0, 0.05) is 23.1 Å². The number of nitro groups is 1. The van der Waals surface area contributed by atoms with E-state index in [9.17, 15) is 24.5 Å². The molecule has 3 rings (SSSR count). The minimum Gasteiger partial charge on any atom is -0.298 e. The fourth-order valence-electron chi connectivity index (χ4n) is 4.49. The Hall–Kier alpha value is -2.29. The van der Waals surface area contributed by atoms with Crippen LogP contribution in [-0.2, 0) is 9.59 Å². The van der Waals surface area contributed by atoms with Crippen LogP contribution in [0.4, 0.5) is 5.69 Å². The van der Waals surface area contributed by atoms with Crippen LogP contribution < -0.4 is 10.9 Å². The molecular weight excluding hydrogens is 418 g/mol. The fraction of sp³-hybridized carbons (Fsp3) is 0.500. The zero-order valence-electron chi connectivity index (χ0n) is 15.2. The molecule has 0 radical (unpaired) electrons. The molecule has 0 aliphatic heterocycles. The average Bonchev–Trinajstić information content (AvgIpc) is 2.91. The molecule has 1 aromatic carbocycles. The van der Waals surface area contributed by atoms with Crippen molar-refractivity contribution >= 4 is 39.2 Å². The van der Waals surface area contributed by atoms with Crippen LogP contribution in [0.1, 0.15) is 44.0 Å². The molecule has 8 nitrogen and oxygen atoms in total. The van der Waals surface area contributed by atoms with Gasteiger partial charge in [0.2, 0.25) is 5.91 Å². The number of fused-ring (bicyclic) bond motifs is 2. The van der Waals surface area contributed by atoms with E-state index in [0.717, 1.165) is 0 Å². The predicted molar refractivity (Wildman–Crippen MR) is 100.0 cm³/mol. The first-order chi connectivity index (χ1) is 12.5. The van der Waals surface area contributed by atoms with E-state index in [0.29, 0.717) is 12.8 Å². The van der Waals surface area contributed by atoms with Gasteiger partial charge in [0.25, 0.3) is 11.6 Å². The first kappa shape index (κ1) is 19.5. The molecular formula is C18H20BrN3O5. The molecule has 3 unspecified atom stereocenters. The molecule has 0 heterocycles. The van der Waals surface area contributed by atoms with Crippen LogP contribution in [0.5, 0.6) is 0 Å². The number of Topliss-reactive ketones (excluding diaryl/α,β-unsaturated/α-hetero) is 1. The number of nitrogens with one attached hydrogen (secondary N) is 2. The van der Waals surface area contributed by atoms with Gasteiger partial charge in [-0.05, 0) is 30.4 Å². The zero-order valence-corrected chi connectivity index (χ0v) is 16.8. The van der Waals surface area contributed by atoms with Gasteiger partial charge in [-0.15, -0.1) is 0 Å². The van der Waals surface area contributed by atoms with Crippen LogP contribution in [0, 0.1) is 26.4 Å². The fourth-order valence-corrected chi connectivity index (χ4v) is 6.00. The van der Waals surface area contributed by atoms with Crippen molar-refractivity contribution in [3.63, 3.8) is 0 Å². The summed E-state index contributed by atoms with van der Waals surface area (Å²) in [5.74, 6) is -1.00. The molecule has 2 amide bonds. The first-order valence-corrected chi connectivity index (χ1v) is 9.44. The summed E-state index contributed by atoms with van der Waals surface area (Å²) in [6, 6.07) is 5.04. The van der Waals surface area contributed by atoms with Crippen LogP contribution in [0.3, 0.4) is 0 Å². The Morgan fingerprint density at radius 3 is 2.22 bits per heavy atom. The van der Waals surface area contributed by atoms with Crippen molar-refractivity contribution in [2.24, 2.45) is 16.2 Å². The largest absolute Gasteiger partial charge is 0.298 e. The van der Waals surface area contributed by atoms with Gasteiger partial charge in [-0.1, -0.05) is 36.7 Å². The number of nitro benzene ring substituents is 1. The lowest BCUT2D eigenvalue weighted by Gasteiger charge is -2.39. The summed E-state index contributed by atoms with van der Waals surface area (Å²) >= 11 is 3.42. The topological polar surface area (TPSA) is 118 Å². The van der Waals surface area contributed by atoms with Gasteiger partial charge in [-0.2, -0.15) is 0 Å². The lowest BCUT2D eigenvalue weighted by atomic mass is 9.64. The minimum absolute atomic E-state index is 0.00981. The van der Waals surface area contributed by atoms with Crippen LogP contribution in [0.2, 0.25) is 0 Å². The first-order valence-electron chi connectivity index (χ1n) is 8.53. The number of hydrogen-bond acceptors (Lipinski definition) is 5. The van der Waals surface area contributed by atoms with Gasteiger partial charge in [-0.25, -0.2) is 0 Å². The SMILES string of the molecule is CC12CCC(C(=O)NNC(=O)c3ccc([N+](=O)[O-])cc3)(C(Br)C1=O)C2(C)C.